The third-order valence-electron chi connectivity index (χ3n) is 6.00. The van der Waals surface area contributed by atoms with E-state index >= 15 is 0 Å². The highest BCUT2D eigenvalue weighted by Gasteiger charge is 2.24. The van der Waals surface area contributed by atoms with E-state index in [4.69, 9.17) is 14.6 Å². The highest BCUT2D eigenvalue weighted by atomic mass is 16.5. The second-order valence-electron chi connectivity index (χ2n) is 8.00. The molecule has 1 atom stereocenters. The predicted octanol–water partition coefficient (Wildman–Crippen LogP) is 4.38. The van der Waals surface area contributed by atoms with E-state index in [1.54, 1.807) is 0 Å². The van der Waals surface area contributed by atoms with E-state index < -0.39 is 5.97 Å². The van der Waals surface area contributed by atoms with Crippen LogP contribution in [0, 0.1) is 5.92 Å². The number of aliphatic carboxylic acids is 1. The van der Waals surface area contributed by atoms with Gasteiger partial charge in [-0.1, -0.05) is 24.3 Å². The first kappa shape index (κ1) is 19.0. The molecule has 1 aliphatic carbocycles. The van der Waals surface area contributed by atoms with Crippen molar-refractivity contribution in [1.82, 2.24) is 10.2 Å². The molecule has 4 rings (SSSR count). The molecule has 0 amide bonds. The third kappa shape index (κ3) is 4.73. The Morgan fingerprint density at radius 2 is 1.96 bits per heavy atom. The van der Waals surface area contributed by atoms with Gasteiger partial charge in [0, 0.05) is 19.1 Å². The second-order valence-corrected chi connectivity index (χ2v) is 8.00. The quantitative estimate of drug-likeness (QED) is 0.740. The van der Waals surface area contributed by atoms with Crippen molar-refractivity contribution in [3.63, 3.8) is 0 Å². The van der Waals surface area contributed by atoms with Gasteiger partial charge in [-0.3, -0.25) is 9.89 Å². The summed E-state index contributed by atoms with van der Waals surface area (Å²) in [5, 5.41) is 16.3. The normalized spacial score (nSPS) is 24.9. The minimum absolute atomic E-state index is 0.185. The molecular weight excluding hydrogens is 356 g/mol. The Balaban J connectivity index is 1.31. The Hall–Kier alpha value is -2.34. The maximum Gasteiger partial charge on any atom is 0.303 e. The van der Waals surface area contributed by atoms with E-state index in [2.05, 4.69) is 34.5 Å². The molecule has 0 radical (unpaired) electrons. The average Bonchev–Trinajstić information content (AvgIpc) is 3.39. The van der Waals surface area contributed by atoms with Gasteiger partial charge >= 0.3 is 5.97 Å². The van der Waals surface area contributed by atoms with Gasteiger partial charge in [0.1, 0.15) is 6.61 Å². The van der Waals surface area contributed by atoms with Crippen molar-refractivity contribution in [1.29, 1.82) is 0 Å². The van der Waals surface area contributed by atoms with Gasteiger partial charge < -0.3 is 14.6 Å². The zero-order valence-electron chi connectivity index (χ0n) is 16.1. The predicted molar refractivity (Wildman–Crippen MR) is 105 cm³/mol. The molecule has 2 N–H and O–H groups in total. The number of aromatic nitrogens is 2. The molecule has 0 bridgehead atoms. The van der Waals surface area contributed by atoms with Gasteiger partial charge in [0.05, 0.1) is 11.8 Å². The molecule has 28 heavy (non-hydrogen) atoms. The number of hydrogen-bond donors (Lipinski definition) is 2. The van der Waals surface area contributed by atoms with Gasteiger partial charge in [-0.25, -0.2) is 0 Å². The minimum atomic E-state index is -0.675. The number of rotatable bonds is 7. The van der Waals surface area contributed by atoms with Crippen molar-refractivity contribution in [2.24, 2.45) is 5.92 Å². The Morgan fingerprint density at radius 3 is 2.64 bits per heavy atom. The number of aromatic amines is 1. The average molecular weight is 384 g/mol. The highest BCUT2D eigenvalue weighted by molar-refractivity contribution is 5.67. The second kappa shape index (κ2) is 8.78. The van der Waals surface area contributed by atoms with E-state index in [0.29, 0.717) is 30.7 Å². The maximum atomic E-state index is 10.9. The van der Waals surface area contributed by atoms with Crippen molar-refractivity contribution in [2.75, 3.05) is 13.2 Å². The van der Waals surface area contributed by atoms with Gasteiger partial charge in [0.15, 0.2) is 0 Å². The van der Waals surface area contributed by atoms with Crippen LogP contribution in [0.15, 0.2) is 30.3 Å². The van der Waals surface area contributed by atoms with Crippen LogP contribution in [0.5, 0.6) is 5.88 Å². The fourth-order valence-corrected chi connectivity index (χ4v) is 4.36. The molecule has 2 aromatic rings. The lowest BCUT2D eigenvalue weighted by molar-refractivity contribution is -0.138. The molecule has 6 nitrogen and oxygen atoms in total. The van der Waals surface area contributed by atoms with Crippen LogP contribution in [0.2, 0.25) is 0 Å². The molecule has 2 aliphatic rings. The molecule has 150 valence electrons. The van der Waals surface area contributed by atoms with Gasteiger partial charge in [0.25, 0.3) is 0 Å². The van der Waals surface area contributed by atoms with Crippen molar-refractivity contribution in [3.8, 4) is 17.1 Å². The Labute approximate surface area is 165 Å². The molecule has 1 aromatic heterocycles. The topological polar surface area (TPSA) is 84.4 Å². The summed E-state index contributed by atoms with van der Waals surface area (Å²) in [5.41, 5.74) is 3.37. The summed E-state index contributed by atoms with van der Waals surface area (Å²) in [5.74, 6) is 0.801. The van der Waals surface area contributed by atoms with Crippen LogP contribution in [0.1, 0.15) is 56.4 Å². The number of H-pyrrole nitrogens is 1. The summed E-state index contributed by atoms with van der Waals surface area (Å²) in [6.07, 6.45) is 6.80. The zero-order valence-corrected chi connectivity index (χ0v) is 16.1. The van der Waals surface area contributed by atoms with Crippen LogP contribution in [0.4, 0.5) is 0 Å². The number of hydrogen-bond acceptors (Lipinski definition) is 4. The summed E-state index contributed by atoms with van der Waals surface area (Å²) in [6.45, 7) is 1.38. The standard InChI is InChI=1S/C22H28N2O4/c25-22(26)12-15-3-5-16(6-4-15)17-7-9-18(10-8-17)20-13-21(24-23-20)28-14-19-2-1-11-27-19/h7-10,13,15-16,19H,1-6,11-12,14H2,(H,23,24)(H,25,26). The summed E-state index contributed by atoms with van der Waals surface area (Å²) >= 11 is 0. The van der Waals surface area contributed by atoms with E-state index in [0.717, 1.165) is 56.4 Å². The van der Waals surface area contributed by atoms with E-state index in [1.165, 1.54) is 5.56 Å². The molecule has 6 heteroatoms. The highest BCUT2D eigenvalue weighted by Crippen LogP contribution is 2.37. The molecule has 1 aromatic carbocycles. The smallest absolute Gasteiger partial charge is 0.303 e. The first-order valence-corrected chi connectivity index (χ1v) is 10.3. The third-order valence-corrected chi connectivity index (χ3v) is 6.00. The van der Waals surface area contributed by atoms with Crippen LogP contribution < -0.4 is 4.74 Å². The van der Waals surface area contributed by atoms with Crippen LogP contribution in [0.3, 0.4) is 0 Å². The SMILES string of the molecule is O=C(O)CC1CCC(c2ccc(-c3cc(OCC4CCCO4)n[nH]3)cc2)CC1. The fourth-order valence-electron chi connectivity index (χ4n) is 4.36. The number of ether oxygens (including phenoxy) is 2. The van der Waals surface area contributed by atoms with Gasteiger partial charge in [0.2, 0.25) is 5.88 Å². The summed E-state index contributed by atoms with van der Waals surface area (Å²) in [4.78, 5) is 10.9. The fraction of sp³-hybridized carbons (Fsp3) is 0.545. The van der Waals surface area contributed by atoms with E-state index in [9.17, 15) is 4.79 Å². The molecular formula is C22H28N2O4. The van der Waals surface area contributed by atoms with E-state index in [1.807, 2.05) is 6.07 Å². The summed E-state index contributed by atoms with van der Waals surface area (Å²) in [7, 11) is 0. The summed E-state index contributed by atoms with van der Waals surface area (Å²) < 4.78 is 11.3. The molecule has 1 saturated carbocycles. The van der Waals surface area contributed by atoms with Gasteiger partial charge in [-0.15, -0.1) is 5.10 Å². The molecule has 1 unspecified atom stereocenters. The van der Waals surface area contributed by atoms with Crippen LogP contribution in [0.25, 0.3) is 11.3 Å². The van der Waals surface area contributed by atoms with Crippen LogP contribution >= 0.6 is 0 Å². The van der Waals surface area contributed by atoms with Crippen molar-refractivity contribution in [3.05, 3.63) is 35.9 Å². The Bertz CT molecular complexity index is 772. The lowest BCUT2D eigenvalue weighted by atomic mass is 9.77. The van der Waals surface area contributed by atoms with Gasteiger partial charge in [-0.2, -0.15) is 0 Å². The lowest BCUT2D eigenvalue weighted by Crippen LogP contribution is -2.16. The molecule has 0 spiro atoms. The minimum Gasteiger partial charge on any atom is -0.481 e. The zero-order chi connectivity index (χ0) is 19.3. The lowest BCUT2D eigenvalue weighted by Gasteiger charge is -2.28. The molecule has 1 aliphatic heterocycles. The number of carboxylic acids is 1. The first-order valence-electron chi connectivity index (χ1n) is 10.3. The van der Waals surface area contributed by atoms with Crippen LogP contribution in [-0.2, 0) is 9.53 Å². The first-order chi connectivity index (χ1) is 13.7. The number of nitrogens with one attached hydrogen (secondary N) is 1. The van der Waals surface area contributed by atoms with Crippen LogP contribution in [-0.4, -0.2) is 40.6 Å². The number of benzene rings is 1. The van der Waals surface area contributed by atoms with E-state index in [-0.39, 0.29) is 6.10 Å². The molecule has 1 saturated heterocycles. The van der Waals surface area contributed by atoms with Crippen molar-refractivity contribution in [2.45, 2.75) is 57.0 Å². The van der Waals surface area contributed by atoms with Crippen molar-refractivity contribution < 1.29 is 19.4 Å². The molecule has 2 fully saturated rings. The largest absolute Gasteiger partial charge is 0.481 e. The summed E-state index contributed by atoms with van der Waals surface area (Å²) in [6, 6.07) is 10.5. The monoisotopic (exact) mass is 384 g/mol. The number of carboxylic acid groups (broad SMARTS) is 1. The Morgan fingerprint density at radius 1 is 1.18 bits per heavy atom. The number of carbonyl (C=O) groups is 1. The number of nitrogens with zero attached hydrogens (tertiary/aromatic N) is 1. The Kier molecular flexibility index (Phi) is 5.95. The van der Waals surface area contributed by atoms with Crippen molar-refractivity contribution >= 4 is 5.97 Å². The van der Waals surface area contributed by atoms with Gasteiger partial charge in [-0.05, 0) is 61.5 Å². The molecule has 2 heterocycles. The maximum absolute atomic E-state index is 10.9.